The van der Waals surface area contributed by atoms with E-state index in [0.717, 1.165) is 70.6 Å². The highest BCUT2D eigenvalue weighted by Crippen LogP contribution is 2.43. The third-order valence-electron chi connectivity index (χ3n) is 8.54. The number of phosphoric ester groups is 1. The maximum atomic E-state index is 12.4. The summed E-state index contributed by atoms with van der Waals surface area (Å²) in [5.41, 5.74) is 5.36. The minimum atomic E-state index is -4.27. The molecule has 0 saturated heterocycles. The molecule has 9 heteroatoms. The van der Waals surface area contributed by atoms with E-state index in [4.69, 9.17) is 24.3 Å². The van der Waals surface area contributed by atoms with E-state index in [1.807, 2.05) is 6.08 Å². The number of allylic oxidation sites excluding steroid dienone is 9. The highest BCUT2D eigenvalue weighted by Gasteiger charge is 2.24. The number of carbonyl (C=O) groups excluding carboxylic acids is 1. The van der Waals surface area contributed by atoms with Crippen LogP contribution < -0.4 is 5.73 Å². The second-order valence-electron chi connectivity index (χ2n) is 13.5. The van der Waals surface area contributed by atoms with Crippen LogP contribution in [0.5, 0.6) is 0 Å². The number of unbranched alkanes of at least 4 members (excludes halogenated alkanes) is 18. The summed E-state index contributed by atoms with van der Waals surface area (Å²) < 4.78 is 33.1. The third-order valence-corrected chi connectivity index (χ3v) is 9.52. The molecule has 302 valence electrons. The first-order valence-electron chi connectivity index (χ1n) is 20.8. The lowest BCUT2D eigenvalue weighted by Gasteiger charge is -2.19. The average molecular weight is 752 g/mol. The summed E-state index contributed by atoms with van der Waals surface area (Å²) in [6.07, 6.45) is 49.1. The molecule has 2 unspecified atom stereocenters. The van der Waals surface area contributed by atoms with E-state index < -0.39 is 13.9 Å². The van der Waals surface area contributed by atoms with E-state index in [1.54, 1.807) is 6.26 Å². The fraction of sp³-hybridized carbons (Fsp3) is 0.744. The Morgan fingerprint density at radius 1 is 0.615 bits per heavy atom. The smallest absolute Gasteiger partial charge is 0.472 e. The summed E-state index contributed by atoms with van der Waals surface area (Å²) in [6.45, 7) is 4.07. The summed E-state index contributed by atoms with van der Waals surface area (Å²) >= 11 is 0. The maximum Gasteiger partial charge on any atom is 0.472 e. The largest absolute Gasteiger partial charge is 0.492 e. The van der Waals surface area contributed by atoms with Crippen LogP contribution in [0.25, 0.3) is 0 Å². The molecule has 52 heavy (non-hydrogen) atoms. The molecule has 0 rings (SSSR count). The van der Waals surface area contributed by atoms with Crippen molar-refractivity contribution >= 4 is 13.8 Å². The van der Waals surface area contributed by atoms with Crippen LogP contribution in [-0.2, 0) is 27.9 Å². The molecule has 0 bridgehead atoms. The number of esters is 1. The van der Waals surface area contributed by atoms with Gasteiger partial charge in [-0.3, -0.25) is 13.8 Å². The molecule has 0 fully saturated rings. The van der Waals surface area contributed by atoms with Crippen molar-refractivity contribution in [2.24, 2.45) is 5.73 Å². The van der Waals surface area contributed by atoms with Crippen LogP contribution in [0.4, 0.5) is 0 Å². The first-order valence-corrected chi connectivity index (χ1v) is 22.3. The van der Waals surface area contributed by atoms with Crippen LogP contribution in [0, 0.1) is 0 Å². The van der Waals surface area contributed by atoms with E-state index in [9.17, 15) is 14.3 Å². The Bertz CT molecular complexity index is 979. The number of hydrogen-bond acceptors (Lipinski definition) is 7. The highest BCUT2D eigenvalue weighted by molar-refractivity contribution is 7.47. The van der Waals surface area contributed by atoms with E-state index >= 15 is 0 Å². The van der Waals surface area contributed by atoms with Gasteiger partial charge in [0.15, 0.2) is 6.10 Å². The molecule has 0 spiro atoms. The molecule has 0 aliphatic heterocycles. The molecule has 0 amide bonds. The zero-order valence-electron chi connectivity index (χ0n) is 33.3. The van der Waals surface area contributed by atoms with Gasteiger partial charge in [-0.05, 0) is 63.9 Å². The second kappa shape index (κ2) is 40.2. The third kappa shape index (κ3) is 39.3. The standard InChI is InChI=1S/C43H78NO7P/c1-3-5-7-9-11-13-15-17-19-21-22-24-26-28-30-32-34-36-43(45)49-40-42(41-51-52(46,47)50-39-37-44)48-38-35-33-31-29-27-25-23-20-18-16-14-12-10-8-6-4-2/h5,7,11,13,17,19,22,24,35,38,42H,3-4,6,8-10,12,14-16,18,20-21,23,25-34,36-37,39-41,44H2,1-2H3,(H,46,47). The Morgan fingerprint density at radius 3 is 1.63 bits per heavy atom. The molecular formula is C43H78NO7P. The van der Waals surface area contributed by atoms with Crippen molar-refractivity contribution in [3.8, 4) is 0 Å². The van der Waals surface area contributed by atoms with E-state index in [-0.39, 0.29) is 32.3 Å². The monoisotopic (exact) mass is 752 g/mol. The van der Waals surface area contributed by atoms with Crippen molar-refractivity contribution in [3.05, 3.63) is 60.9 Å². The van der Waals surface area contributed by atoms with Crippen molar-refractivity contribution in [1.82, 2.24) is 0 Å². The number of carbonyl (C=O) groups is 1. The lowest BCUT2D eigenvalue weighted by molar-refractivity contribution is -0.147. The Hall–Kier alpha value is -1.96. The van der Waals surface area contributed by atoms with Crippen molar-refractivity contribution < 1.29 is 32.8 Å². The summed E-state index contributed by atoms with van der Waals surface area (Å²) in [6, 6.07) is 0. The van der Waals surface area contributed by atoms with E-state index in [2.05, 4.69) is 62.5 Å². The molecule has 0 saturated carbocycles. The second-order valence-corrected chi connectivity index (χ2v) is 15.0. The van der Waals surface area contributed by atoms with Gasteiger partial charge in [0, 0.05) is 13.0 Å². The van der Waals surface area contributed by atoms with Gasteiger partial charge < -0.3 is 20.1 Å². The fourth-order valence-electron chi connectivity index (χ4n) is 5.44. The molecule has 0 aromatic carbocycles. The van der Waals surface area contributed by atoms with Gasteiger partial charge in [-0.25, -0.2) is 4.57 Å². The van der Waals surface area contributed by atoms with Gasteiger partial charge in [0.25, 0.3) is 0 Å². The van der Waals surface area contributed by atoms with Gasteiger partial charge in [0.1, 0.15) is 6.61 Å². The lowest BCUT2D eigenvalue weighted by Crippen LogP contribution is -2.25. The molecule has 8 nitrogen and oxygen atoms in total. The molecule has 0 aliphatic rings. The molecule has 2 atom stereocenters. The van der Waals surface area contributed by atoms with Crippen LogP contribution in [-0.4, -0.2) is 43.3 Å². The Balaban J connectivity index is 4.15. The van der Waals surface area contributed by atoms with Crippen molar-refractivity contribution in [3.63, 3.8) is 0 Å². The van der Waals surface area contributed by atoms with Crippen molar-refractivity contribution in [1.29, 1.82) is 0 Å². The number of hydrogen-bond donors (Lipinski definition) is 2. The van der Waals surface area contributed by atoms with Crippen LogP contribution in [0.15, 0.2) is 60.9 Å². The zero-order chi connectivity index (χ0) is 38.1. The molecule has 3 N–H and O–H groups in total. The van der Waals surface area contributed by atoms with Crippen LogP contribution in [0.2, 0.25) is 0 Å². The van der Waals surface area contributed by atoms with Crippen LogP contribution >= 0.6 is 7.82 Å². The number of ether oxygens (including phenoxy) is 2. The maximum absolute atomic E-state index is 12.4. The number of phosphoric acid groups is 1. The molecule has 0 aromatic rings. The minimum absolute atomic E-state index is 0.0786. The summed E-state index contributed by atoms with van der Waals surface area (Å²) in [7, 11) is -4.27. The molecular weight excluding hydrogens is 673 g/mol. The number of rotatable bonds is 39. The van der Waals surface area contributed by atoms with Crippen molar-refractivity contribution in [2.75, 3.05) is 26.4 Å². The quantitative estimate of drug-likeness (QED) is 0.0210. The Morgan fingerprint density at radius 2 is 1.10 bits per heavy atom. The topological polar surface area (TPSA) is 117 Å². The number of nitrogens with two attached hydrogens (primary N) is 1. The van der Waals surface area contributed by atoms with Crippen LogP contribution in [0.3, 0.4) is 0 Å². The predicted octanol–water partition coefficient (Wildman–Crippen LogP) is 12.5. The van der Waals surface area contributed by atoms with Gasteiger partial charge in [0.05, 0.1) is 19.5 Å². The zero-order valence-corrected chi connectivity index (χ0v) is 34.2. The predicted molar refractivity (Wildman–Crippen MR) is 219 cm³/mol. The summed E-state index contributed by atoms with van der Waals surface area (Å²) in [5.74, 6) is -0.314. The fourth-order valence-corrected chi connectivity index (χ4v) is 6.21. The molecule has 0 radical (unpaired) electrons. The van der Waals surface area contributed by atoms with Gasteiger partial charge in [0.2, 0.25) is 0 Å². The van der Waals surface area contributed by atoms with E-state index in [0.29, 0.717) is 6.42 Å². The summed E-state index contributed by atoms with van der Waals surface area (Å²) in [5, 5.41) is 0. The molecule has 0 aromatic heterocycles. The van der Waals surface area contributed by atoms with E-state index in [1.165, 1.54) is 83.5 Å². The van der Waals surface area contributed by atoms with Gasteiger partial charge in [-0.1, -0.05) is 159 Å². The SMILES string of the molecule is CCC=CCC=CCC=CCC=CCCCCCCC(=O)OCC(COP(=O)(O)OCCN)OC=CCCCCCCCCCCCCCCCC. The van der Waals surface area contributed by atoms with Gasteiger partial charge >= 0.3 is 13.8 Å². The van der Waals surface area contributed by atoms with Crippen LogP contribution in [0.1, 0.15) is 174 Å². The Labute approximate surface area is 319 Å². The Kier molecular flexibility index (Phi) is 38.7. The highest BCUT2D eigenvalue weighted by atomic mass is 31.2. The average Bonchev–Trinajstić information content (AvgIpc) is 3.14. The van der Waals surface area contributed by atoms with Crippen molar-refractivity contribution in [2.45, 2.75) is 180 Å². The molecule has 0 aliphatic carbocycles. The van der Waals surface area contributed by atoms with Gasteiger partial charge in [-0.15, -0.1) is 0 Å². The summed E-state index contributed by atoms with van der Waals surface area (Å²) in [4.78, 5) is 22.2. The minimum Gasteiger partial charge on any atom is -0.492 e. The first-order chi connectivity index (χ1) is 25.4. The normalized spacial score (nSPS) is 14.1. The molecule has 0 heterocycles. The van der Waals surface area contributed by atoms with Gasteiger partial charge in [-0.2, -0.15) is 0 Å². The lowest BCUT2D eigenvalue weighted by atomic mass is 10.0. The first kappa shape index (κ1) is 50.0.